The van der Waals surface area contributed by atoms with Crippen LogP contribution >= 0.6 is 0 Å². The lowest BCUT2D eigenvalue weighted by Gasteiger charge is -2.25. The first-order valence-electron chi connectivity index (χ1n) is 18.9. The van der Waals surface area contributed by atoms with Crippen LogP contribution in [0.4, 0.5) is 34.1 Å². The molecule has 0 aliphatic rings. The van der Waals surface area contributed by atoms with Crippen LogP contribution in [0.15, 0.2) is 194 Å². The molecule has 0 radical (unpaired) electrons. The van der Waals surface area contributed by atoms with Gasteiger partial charge < -0.3 is 9.80 Å². The Morgan fingerprint density at radius 2 is 0.346 bits per heavy atom. The van der Waals surface area contributed by atoms with Crippen LogP contribution in [0.2, 0.25) is 0 Å². The fraction of sp³-hybridized carbons (Fsp3) is 0.160. The van der Waals surface area contributed by atoms with Gasteiger partial charge in [-0.2, -0.15) is 0 Å². The third kappa shape index (κ3) is 10.6. The summed E-state index contributed by atoms with van der Waals surface area (Å²) < 4.78 is 0. The van der Waals surface area contributed by atoms with Gasteiger partial charge in [0.25, 0.3) is 0 Å². The number of nitrogens with zero attached hydrogens (tertiary/aromatic N) is 2. The molecule has 7 aromatic carbocycles. The number of hydrogen-bond donors (Lipinski definition) is 0. The summed E-state index contributed by atoms with van der Waals surface area (Å²) in [4.78, 5) is 4.57. The lowest BCUT2D eigenvalue weighted by atomic mass is 9.99. The normalized spacial score (nSPS) is 9.54. The highest BCUT2D eigenvalue weighted by molar-refractivity contribution is 5.80. The Kier molecular flexibility index (Phi) is 17.8. The van der Waals surface area contributed by atoms with E-state index in [2.05, 4.69) is 204 Å². The third-order valence-electron chi connectivity index (χ3n) is 7.86. The first kappa shape index (κ1) is 40.6. The lowest BCUT2D eigenvalue weighted by Crippen LogP contribution is -2.09. The average Bonchev–Trinajstić information content (AvgIpc) is 3.26. The van der Waals surface area contributed by atoms with Crippen LogP contribution in [0.25, 0.3) is 22.3 Å². The van der Waals surface area contributed by atoms with E-state index in [1.165, 1.54) is 22.3 Å². The van der Waals surface area contributed by atoms with Crippen molar-refractivity contribution in [3.05, 3.63) is 194 Å². The molecule has 0 fully saturated rings. The zero-order valence-corrected chi connectivity index (χ0v) is 32.4. The van der Waals surface area contributed by atoms with Crippen molar-refractivity contribution in [2.75, 3.05) is 9.80 Å². The minimum absolute atomic E-state index is 1.13. The van der Waals surface area contributed by atoms with E-state index in [9.17, 15) is 0 Å². The summed E-state index contributed by atoms with van der Waals surface area (Å²) in [5.74, 6) is 0. The molecule has 0 bridgehead atoms. The molecule has 0 aromatic heterocycles. The van der Waals surface area contributed by atoms with Gasteiger partial charge in [-0.1, -0.05) is 177 Å². The highest BCUT2D eigenvalue weighted by Gasteiger charge is 2.13. The van der Waals surface area contributed by atoms with Crippen molar-refractivity contribution in [3.63, 3.8) is 0 Å². The molecule has 52 heavy (non-hydrogen) atoms. The number of hydrogen-bond acceptors (Lipinski definition) is 2. The van der Waals surface area contributed by atoms with Crippen LogP contribution in [0.5, 0.6) is 0 Å². The van der Waals surface area contributed by atoms with E-state index in [4.69, 9.17) is 0 Å². The topological polar surface area (TPSA) is 6.48 Å². The van der Waals surface area contributed by atoms with Gasteiger partial charge in [-0.15, -0.1) is 0 Å². The zero-order chi connectivity index (χ0) is 37.6. The lowest BCUT2D eigenvalue weighted by molar-refractivity contribution is 1.28. The van der Waals surface area contributed by atoms with E-state index < -0.39 is 0 Å². The molecule has 0 atom stereocenters. The zero-order valence-electron chi connectivity index (χ0n) is 32.4. The Hall–Kier alpha value is -5.86. The molecule has 2 heteroatoms. The molecule has 7 rings (SSSR count). The molecular weight excluding hydrogens is 629 g/mol. The molecule has 0 N–H and O–H groups in total. The van der Waals surface area contributed by atoms with Crippen molar-refractivity contribution in [1.29, 1.82) is 0 Å². The standard InChI is InChI=1S/C42H32N2.4C2H6/c1-5-13-37(14-6-1)43(38-15-7-2-8-16-38)41-29-25-35(26-30-41)33-21-23-34(24-22-33)36-27-31-42(32-28-36)44(39-17-9-3-10-18-39)40-19-11-4-12-20-40;4*1-2/h1-32H;4*1-2H3. The van der Waals surface area contributed by atoms with Gasteiger partial charge in [0.1, 0.15) is 0 Å². The molecule has 0 spiro atoms. The SMILES string of the molecule is CC.CC.CC.CC.c1ccc(N(c2ccccc2)c2ccc(-c3ccc(-c4ccc(N(c5ccccc5)c5ccccc5)cc4)cc3)cc2)cc1. The second-order valence-corrected chi connectivity index (χ2v) is 10.7. The van der Waals surface area contributed by atoms with Crippen LogP contribution in [-0.4, -0.2) is 0 Å². The minimum atomic E-state index is 1.13. The maximum atomic E-state index is 2.28. The van der Waals surface area contributed by atoms with E-state index in [1.807, 2.05) is 55.4 Å². The predicted molar refractivity (Wildman–Crippen MR) is 232 cm³/mol. The van der Waals surface area contributed by atoms with Crippen LogP contribution in [0.3, 0.4) is 0 Å². The highest BCUT2D eigenvalue weighted by Crippen LogP contribution is 2.37. The van der Waals surface area contributed by atoms with Gasteiger partial charge in [0.2, 0.25) is 0 Å². The smallest absolute Gasteiger partial charge is 0.0462 e. The van der Waals surface area contributed by atoms with Gasteiger partial charge in [-0.3, -0.25) is 0 Å². The molecule has 0 amide bonds. The molecule has 0 aliphatic heterocycles. The Morgan fingerprint density at radius 3 is 0.538 bits per heavy atom. The largest absolute Gasteiger partial charge is 0.311 e. The molecule has 0 saturated heterocycles. The number of rotatable bonds is 8. The predicted octanol–water partition coefficient (Wildman–Crippen LogP) is 16.1. The average molecular weight is 685 g/mol. The number of para-hydroxylation sites is 4. The molecule has 0 unspecified atom stereocenters. The van der Waals surface area contributed by atoms with E-state index in [-0.39, 0.29) is 0 Å². The van der Waals surface area contributed by atoms with Crippen molar-refractivity contribution in [3.8, 4) is 22.3 Å². The summed E-state index contributed by atoms with van der Waals surface area (Å²) in [6.45, 7) is 16.0. The van der Waals surface area contributed by atoms with Gasteiger partial charge in [0.05, 0.1) is 0 Å². The molecule has 266 valence electrons. The summed E-state index contributed by atoms with van der Waals surface area (Å²) in [5, 5.41) is 0. The van der Waals surface area contributed by atoms with Crippen molar-refractivity contribution in [1.82, 2.24) is 0 Å². The Balaban J connectivity index is 0.000000855. The monoisotopic (exact) mass is 684 g/mol. The Labute approximate surface area is 314 Å². The molecular formula is C50H56N2. The van der Waals surface area contributed by atoms with E-state index >= 15 is 0 Å². The maximum absolute atomic E-state index is 2.28. The fourth-order valence-electron chi connectivity index (χ4n) is 5.66. The maximum Gasteiger partial charge on any atom is 0.0462 e. The third-order valence-corrected chi connectivity index (χ3v) is 7.86. The molecule has 0 heterocycles. The van der Waals surface area contributed by atoms with Crippen molar-refractivity contribution >= 4 is 34.1 Å². The number of benzene rings is 7. The summed E-state index contributed by atoms with van der Waals surface area (Å²) in [6, 6.07) is 68.5. The molecule has 7 aromatic rings. The van der Waals surface area contributed by atoms with Gasteiger partial charge >= 0.3 is 0 Å². The van der Waals surface area contributed by atoms with E-state index in [0.29, 0.717) is 0 Å². The van der Waals surface area contributed by atoms with Crippen LogP contribution in [0.1, 0.15) is 55.4 Å². The van der Waals surface area contributed by atoms with Gasteiger partial charge in [0.15, 0.2) is 0 Å². The molecule has 0 aliphatic carbocycles. The first-order valence-corrected chi connectivity index (χ1v) is 18.9. The van der Waals surface area contributed by atoms with Crippen molar-refractivity contribution in [2.45, 2.75) is 55.4 Å². The number of anilines is 6. The van der Waals surface area contributed by atoms with Crippen molar-refractivity contribution < 1.29 is 0 Å². The quantitative estimate of drug-likeness (QED) is 0.157. The molecule has 2 nitrogen and oxygen atoms in total. The van der Waals surface area contributed by atoms with E-state index in [1.54, 1.807) is 0 Å². The fourth-order valence-corrected chi connectivity index (χ4v) is 5.66. The van der Waals surface area contributed by atoms with Crippen LogP contribution in [0, 0.1) is 0 Å². The Bertz CT molecular complexity index is 1680. The van der Waals surface area contributed by atoms with Gasteiger partial charge in [-0.25, -0.2) is 0 Å². The van der Waals surface area contributed by atoms with Gasteiger partial charge in [0, 0.05) is 34.1 Å². The highest BCUT2D eigenvalue weighted by atomic mass is 15.1. The van der Waals surface area contributed by atoms with Gasteiger partial charge in [-0.05, 0) is 95.1 Å². The summed E-state index contributed by atoms with van der Waals surface area (Å²) in [5.41, 5.74) is 11.6. The second kappa shape index (κ2) is 22.8. The van der Waals surface area contributed by atoms with Crippen LogP contribution in [-0.2, 0) is 0 Å². The summed E-state index contributed by atoms with van der Waals surface area (Å²) >= 11 is 0. The second-order valence-electron chi connectivity index (χ2n) is 10.7. The Morgan fingerprint density at radius 1 is 0.192 bits per heavy atom. The minimum Gasteiger partial charge on any atom is -0.311 e. The summed E-state index contributed by atoms with van der Waals surface area (Å²) in [6.07, 6.45) is 0. The van der Waals surface area contributed by atoms with Crippen LogP contribution < -0.4 is 9.80 Å². The van der Waals surface area contributed by atoms with Crippen molar-refractivity contribution in [2.24, 2.45) is 0 Å². The first-order chi connectivity index (χ1) is 25.8. The summed E-state index contributed by atoms with van der Waals surface area (Å²) in [7, 11) is 0. The molecule has 0 saturated carbocycles. The van der Waals surface area contributed by atoms with E-state index in [0.717, 1.165) is 34.1 Å².